The van der Waals surface area contributed by atoms with Crippen LogP contribution in [-0.4, -0.2) is 31.5 Å². The Labute approximate surface area is 197 Å². The summed E-state index contributed by atoms with van der Waals surface area (Å²) in [5.74, 6) is 2.05. The summed E-state index contributed by atoms with van der Waals surface area (Å²) in [5.41, 5.74) is 0.274. The maximum Gasteiger partial charge on any atom is 0.416 e. The molecule has 8 heteroatoms. The van der Waals surface area contributed by atoms with Crippen molar-refractivity contribution in [1.82, 2.24) is 0 Å². The van der Waals surface area contributed by atoms with Gasteiger partial charge in [0.05, 0.1) is 18.8 Å². The van der Waals surface area contributed by atoms with E-state index in [0.29, 0.717) is 30.6 Å². The molecule has 0 bridgehead atoms. The first-order valence-electron chi connectivity index (χ1n) is 11.0. The second kappa shape index (κ2) is 13.4. The third kappa shape index (κ3) is 9.58. The van der Waals surface area contributed by atoms with Crippen LogP contribution < -0.4 is 4.74 Å². The molecular formula is C25H31F3O4S. The molecule has 0 aromatic heterocycles. The number of rotatable bonds is 12. The zero-order valence-corrected chi connectivity index (χ0v) is 20.1. The van der Waals surface area contributed by atoms with E-state index in [9.17, 15) is 18.0 Å². The number of carbonyl (C=O) groups excluding carboxylic acids is 1. The molecule has 0 heterocycles. The van der Waals surface area contributed by atoms with Gasteiger partial charge in [0.1, 0.15) is 11.5 Å². The quantitative estimate of drug-likeness (QED) is 0.301. The maximum atomic E-state index is 12.7. The van der Waals surface area contributed by atoms with Crippen molar-refractivity contribution >= 4 is 17.7 Å². The molecular weight excluding hydrogens is 453 g/mol. The van der Waals surface area contributed by atoms with E-state index in [4.69, 9.17) is 14.2 Å². The predicted octanol–water partition coefficient (Wildman–Crippen LogP) is 6.93. The first-order valence-corrected chi connectivity index (χ1v) is 12.0. The topological polar surface area (TPSA) is 44.8 Å². The molecule has 1 unspecified atom stereocenters. The van der Waals surface area contributed by atoms with E-state index < -0.39 is 17.7 Å². The fourth-order valence-corrected chi connectivity index (χ4v) is 4.43. The molecule has 182 valence electrons. The highest BCUT2D eigenvalue weighted by atomic mass is 32.2. The zero-order chi connectivity index (χ0) is 24.3. The summed E-state index contributed by atoms with van der Waals surface area (Å²) in [6.45, 7) is 6.49. The molecule has 1 atom stereocenters. The van der Waals surface area contributed by atoms with Crippen molar-refractivity contribution < 1.29 is 32.2 Å². The first-order chi connectivity index (χ1) is 15.7. The molecule has 1 aromatic carbocycles. The first kappa shape index (κ1) is 26.9. The van der Waals surface area contributed by atoms with Crippen molar-refractivity contribution in [3.63, 3.8) is 0 Å². The second-order valence-corrected chi connectivity index (χ2v) is 8.75. The number of thioether (sulfide) groups is 1. The smallest absolute Gasteiger partial charge is 0.416 e. The molecule has 0 saturated carbocycles. The van der Waals surface area contributed by atoms with E-state index in [2.05, 4.69) is 13.0 Å². The summed E-state index contributed by atoms with van der Waals surface area (Å²) in [7, 11) is 0. The molecule has 1 aliphatic rings. The van der Waals surface area contributed by atoms with Crippen molar-refractivity contribution in [2.75, 3.05) is 25.6 Å². The van der Waals surface area contributed by atoms with Gasteiger partial charge in [-0.25, -0.2) is 4.79 Å². The fraction of sp³-hybridized carbons (Fsp3) is 0.480. The van der Waals surface area contributed by atoms with E-state index in [0.717, 1.165) is 42.7 Å². The number of halogens is 3. The van der Waals surface area contributed by atoms with Crippen LogP contribution >= 0.6 is 11.8 Å². The highest BCUT2D eigenvalue weighted by molar-refractivity contribution is 8.03. The molecule has 0 aliphatic heterocycles. The summed E-state index contributed by atoms with van der Waals surface area (Å²) < 4.78 is 54.1. The van der Waals surface area contributed by atoms with Crippen LogP contribution in [0.1, 0.15) is 45.6 Å². The largest absolute Gasteiger partial charge is 0.494 e. The van der Waals surface area contributed by atoms with Gasteiger partial charge in [0, 0.05) is 5.75 Å². The van der Waals surface area contributed by atoms with Crippen LogP contribution in [0.3, 0.4) is 0 Å². The van der Waals surface area contributed by atoms with Gasteiger partial charge in [0.2, 0.25) is 0 Å². The third-order valence-electron chi connectivity index (χ3n) is 5.06. The predicted molar refractivity (Wildman–Crippen MR) is 125 cm³/mol. The van der Waals surface area contributed by atoms with Crippen LogP contribution in [0.5, 0.6) is 5.75 Å². The van der Waals surface area contributed by atoms with Crippen LogP contribution in [-0.2, 0) is 20.4 Å². The fourth-order valence-electron chi connectivity index (χ4n) is 3.10. The average molecular weight is 485 g/mol. The number of hydrogen-bond acceptors (Lipinski definition) is 5. The molecule has 1 aromatic rings. The Hall–Kier alpha value is -2.35. The van der Waals surface area contributed by atoms with Crippen molar-refractivity contribution in [1.29, 1.82) is 0 Å². The SMILES string of the molecule is CCOC(=O)COC1=C(C)C=C(SCC(CC)CCOc2ccc(C(F)(F)F)cc2)CC=C1. The van der Waals surface area contributed by atoms with E-state index in [-0.39, 0.29) is 6.61 Å². The number of hydrogen-bond donors (Lipinski definition) is 0. The van der Waals surface area contributed by atoms with E-state index in [1.807, 2.05) is 19.1 Å². The van der Waals surface area contributed by atoms with Gasteiger partial charge in [-0.2, -0.15) is 13.2 Å². The molecule has 2 rings (SSSR count). The number of benzene rings is 1. The summed E-state index contributed by atoms with van der Waals surface area (Å²) in [6, 6.07) is 4.79. The van der Waals surface area contributed by atoms with Gasteiger partial charge in [-0.3, -0.25) is 0 Å². The van der Waals surface area contributed by atoms with Gasteiger partial charge >= 0.3 is 12.1 Å². The minimum Gasteiger partial charge on any atom is -0.494 e. The number of carbonyl (C=O) groups is 1. The van der Waals surface area contributed by atoms with Crippen molar-refractivity contribution in [2.24, 2.45) is 5.92 Å². The standard InChI is InChI=1S/C25H31F3O4S/c1-4-19(13-14-31-21-11-9-20(10-12-21)25(26,27)28)17-33-22-7-6-8-23(18(3)15-22)32-16-24(29)30-5-2/h6,8-12,15,19H,4-5,7,13-14,16-17H2,1-3H3. The highest BCUT2D eigenvalue weighted by Gasteiger charge is 2.30. The highest BCUT2D eigenvalue weighted by Crippen LogP contribution is 2.31. The van der Waals surface area contributed by atoms with Gasteiger partial charge in [0.25, 0.3) is 0 Å². The van der Waals surface area contributed by atoms with Gasteiger partial charge in [-0.05, 0) is 79.5 Å². The monoisotopic (exact) mass is 484 g/mol. The van der Waals surface area contributed by atoms with Crippen LogP contribution in [0.15, 0.2) is 58.7 Å². The summed E-state index contributed by atoms with van der Waals surface area (Å²) in [6.07, 6.45) is 4.22. The lowest BCUT2D eigenvalue weighted by atomic mass is 10.1. The number of allylic oxidation sites excluding steroid dienone is 5. The van der Waals surface area contributed by atoms with Crippen LogP contribution in [0, 0.1) is 5.92 Å². The Morgan fingerprint density at radius 1 is 1.15 bits per heavy atom. The summed E-state index contributed by atoms with van der Waals surface area (Å²) in [5, 5.41) is 0. The van der Waals surface area contributed by atoms with Crippen LogP contribution in [0.2, 0.25) is 0 Å². The van der Waals surface area contributed by atoms with Crippen molar-refractivity contribution in [3.05, 3.63) is 64.3 Å². The molecule has 0 radical (unpaired) electrons. The number of ether oxygens (including phenoxy) is 3. The minimum atomic E-state index is -4.34. The molecule has 0 spiro atoms. The summed E-state index contributed by atoms with van der Waals surface area (Å²) >= 11 is 1.78. The van der Waals surface area contributed by atoms with Gasteiger partial charge < -0.3 is 14.2 Å². The Morgan fingerprint density at radius 2 is 1.88 bits per heavy atom. The third-order valence-corrected chi connectivity index (χ3v) is 6.36. The van der Waals surface area contributed by atoms with Crippen LogP contribution in [0.25, 0.3) is 0 Å². The molecule has 33 heavy (non-hydrogen) atoms. The van der Waals surface area contributed by atoms with Gasteiger partial charge in [0.15, 0.2) is 6.61 Å². The van der Waals surface area contributed by atoms with E-state index in [1.54, 1.807) is 18.7 Å². The lowest BCUT2D eigenvalue weighted by molar-refractivity contribution is -0.146. The van der Waals surface area contributed by atoms with E-state index in [1.165, 1.54) is 17.0 Å². The zero-order valence-electron chi connectivity index (χ0n) is 19.2. The Bertz CT molecular complexity index is 857. The van der Waals surface area contributed by atoms with Crippen molar-refractivity contribution in [3.8, 4) is 5.75 Å². The van der Waals surface area contributed by atoms with Crippen molar-refractivity contribution in [2.45, 2.75) is 46.2 Å². The number of esters is 1. The molecule has 0 N–H and O–H groups in total. The molecule has 0 amide bonds. The normalized spacial score (nSPS) is 15.0. The molecule has 0 saturated heterocycles. The number of alkyl halides is 3. The molecule has 1 aliphatic carbocycles. The van der Waals surface area contributed by atoms with Gasteiger partial charge in [-0.15, -0.1) is 11.8 Å². The Morgan fingerprint density at radius 3 is 2.52 bits per heavy atom. The molecule has 4 nitrogen and oxygen atoms in total. The lowest BCUT2D eigenvalue weighted by Gasteiger charge is -2.16. The molecule has 0 fully saturated rings. The lowest BCUT2D eigenvalue weighted by Crippen LogP contribution is -2.12. The Balaban J connectivity index is 1.81. The van der Waals surface area contributed by atoms with Crippen LogP contribution in [0.4, 0.5) is 13.2 Å². The summed E-state index contributed by atoms with van der Waals surface area (Å²) in [4.78, 5) is 12.7. The van der Waals surface area contributed by atoms with Gasteiger partial charge in [-0.1, -0.05) is 19.4 Å². The van der Waals surface area contributed by atoms with E-state index >= 15 is 0 Å². The Kier molecular flexibility index (Phi) is 10.9. The average Bonchev–Trinajstić information content (AvgIpc) is 2.95. The maximum absolute atomic E-state index is 12.7. The minimum absolute atomic E-state index is 0.113. The second-order valence-electron chi connectivity index (χ2n) is 7.60.